The van der Waals surface area contributed by atoms with Crippen molar-refractivity contribution < 1.29 is 14.6 Å². The Morgan fingerprint density at radius 1 is 0.833 bits per heavy atom. The quantitative estimate of drug-likeness (QED) is 0.373. The Labute approximate surface area is 214 Å². The fourth-order valence-electron chi connectivity index (χ4n) is 6.95. The van der Waals surface area contributed by atoms with Crippen molar-refractivity contribution in [1.29, 1.82) is 0 Å². The van der Waals surface area contributed by atoms with Crippen LogP contribution in [-0.4, -0.2) is 22.7 Å². The fourth-order valence-corrected chi connectivity index (χ4v) is 6.95. The van der Waals surface area contributed by atoms with Crippen LogP contribution in [0.3, 0.4) is 0 Å². The molecule has 3 aromatic carbocycles. The summed E-state index contributed by atoms with van der Waals surface area (Å²) >= 11 is 0. The average Bonchev–Trinajstić information content (AvgIpc) is 2.94. The monoisotopic (exact) mass is 483 g/mol. The molecule has 0 spiro atoms. The van der Waals surface area contributed by atoms with Crippen LogP contribution in [0.15, 0.2) is 66.7 Å². The molecule has 0 radical (unpaired) electrons. The summed E-state index contributed by atoms with van der Waals surface area (Å²) in [7, 11) is 0. The van der Waals surface area contributed by atoms with Gasteiger partial charge in [0.2, 0.25) is 0 Å². The van der Waals surface area contributed by atoms with Crippen molar-refractivity contribution in [2.75, 3.05) is 0 Å². The van der Waals surface area contributed by atoms with Gasteiger partial charge in [0.1, 0.15) is 5.75 Å². The zero-order valence-electron chi connectivity index (χ0n) is 21.0. The molecule has 4 nitrogen and oxygen atoms in total. The lowest BCUT2D eigenvalue weighted by Gasteiger charge is -2.51. The molecule has 0 saturated heterocycles. The number of carboxylic acid groups (broad SMARTS) is 1. The number of hydrogen-bond donors (Lipinski definition) is 2. The van der Waals surface area contributed by atoms with Crippen LogP contribution in [0.1, 0.15) is 81.3 Å². The molecule has 0 atom stereocenters. The first-order chi connectivity index (χ1) is 17.5. The van der Waals surface area contributed by atoms with Gasteiger partial charge in [-0.1, -0.05) is 48.5 Å². The van der Waals surface area contributed by atoms with Gasteiger partial charge >= 0.3 is 5.97 Å². The Hall–Kier alpha value is -2.85. The molecule has 2 N–H and O–H groups in total. The maximum Gasteiger partial charge on any atom is 0.309 e. The van der Waals surface area contributed by atoms with Crippen molar-refractivity contribution >= 4 is 16.7 Å². The third-order valence-corrected chi connectivity index (χ3v) is 9.49. The number of ether oxygens (including phenoxy) is 1. The number of aliphatic carboxylic acids is 1. The van der Waals surface area contributed by atoms with Crippen LogP contribution in [-0.2, 0) is 11.3 Å². The Balaban J connectivity index is 1.04. The lowest BCUT2D eigenvalue weighted by atomic mass is 9.57. The Kier molecular flexibility index (Phi) is 6.25. The number of rotatable bonds is 7. The smallest absolute Gasteiger partial charge is 0.309 e. The SMILES string of the molecule is O=C(O)C12CCC(NCc3ccc4cc(O[C@H]5CC[C@@H](c6ccccc6)CC5)ccc4c3)(CC1)CC2. The van der Waals surface area contributed by atoms with Gasteiger partial charge in [-0.3, -0.25) is 4.79 Å². The Bertz CT molecular complexity index is 1200. The van der Waals surface area contributed by atoms with E-state index in [1.165, 1.54) is 34.7 Å². The van der Waals surface area contributed by atoms with Crippen LogP contribution in [0.5, 0.6) is 5.75 Å². The summed E-state index contributed by atoms with van der Waals surface area (Å²) in [6.07, 6.45) is 10.2. The number of carboxylic acids is 1. The summed E-state index contributed by atoms with van der Waals surface area (Å²) in [6, 6.07) is 24.1. The van der Waals surface area contributed by atoms with Crippen molar-refractivity contribution in [2.24, 2.45) is 5.41 Å². The van der Waals surface area contributed by atoms with Gasteiger partial charge in [-0.15, -0.1) is 0 Å². The highest BCUT2D eigenvalue weighted by molar-refractivity contribution is 5.84. The van der Waals surface area contributed by atoms with Crippen LogP contribution in [0, 0.1) is 5.41 Å². The molecule has 7 rings (SSSR count). The van der Waals surface area contributed by atoms with Crippen molar-refractivity contribution in [3.63, 3.8) is 0 Å². The van der Waals surface area contributed by atoms with Crippen molar-refractivity contribution in [3.8, 4) is 5.75 Å². The van der Waals surface area contributed by atoms with E-state index >= 15 is 0 Å². The molecule has 4 fully saturated rings. The molecule has 36 heavy (non-hydrogen) atoms. The van der Waals surface area contributed by atoms with Gasteiger partial charge in [-0.2, -0.15) is 0 Å². The highest BCUT2D eigenvalue weighted by Gasteiger charge is 2.52. The molecule has 2 bridgehead atoms. The van der Waals surface area contributed by atoms with Crippen molar-refractivity contribution in [1.82, 2.24) is 5.32 Å². The molecule has 0 amide bonds. The lowest BCUT2D eigenvalue weighted by molar-refractivity contribution is -0.156. The van der Waals surface area contributed by atoms with Gasteiger partial charge in [-0.05, 0) is 110 Å². The number of carbonyl (C=O) groups is 1. The molecular weight excluding hydrogens is 446 g/mol. The average molecular weight is 484 g/mol. The van der Waals surface area contributed by atoms with E-state index in [0.29, 0.717) is 12.0 Å². The van der Waals surface area contributed by atoms with Crippen LogP contribution >= 0.6 is 0 Å². The molecule has 4 aliphatic rings. The van der Waals surface area contributed by atoms with Gasteiger partial charge in [0.15, 0.2) is 0 Å². The van der Waals surface area contributed by atoms with Gasteiger partial charge < -0.3 is 15.2 Å². The number of benzene rings is 3. The third kappa shape index (κ3) is 4.64. The Morgan fingerprint density at radius 3 is 2.19 bits per heavy atom. The van der Waals surface area contributed by atoms with Gasteiger partial charge in [0.25, 0.3) is 0 Å². The van der Waals surface area contributed by atoms with Crippen LogP contribution in [0.4, 0.5) is 0 Å². The number of nitrogens with one attached hydrogen (secondary N) is 1. The number of hydrogen-bond acceptors (Lipinski definition) is 3. The molecule has 188 valence electrons. The first-order valence-corrected chi connectivity index (χ1v) is 13.8. The van der Waals surface area contributed by atoms with Crippen LogP contribution in [0.2, 0.25) is 0 Å². The van der Waals surface area contributed by atoms with Crippen molar-refractivity contribution in [2.45, 2.75) is 88.3 Å². The second-order valence-electron chi connectivity index (χ2n) is 11.6. The molecule has 0 aromatic heterocycles. The lowest BCUT2D eigenvalue weighted by Crippen LogP contribution is -2.56. The van der Waals surface area contributed by atoms with Crippen LogP contribution < -0.4 is 10.1 Å². The van der Waals surface area contributed by atoms with E-state index in [-0.39, 0.29) is 5.54 Å². The first kappa shape index (κ1) is 23.5. The molecule has 0 unspecified atom stereocenters. The van der Waals surface area contributed by atoms with E-state index in [9.17, 15) is 9.90 Å². The van der Waals surface area contributed by atoms with Gasteiger partial charge in [0, 0.05) is 12.1 Å². The van der Waals surface area contributed by atoms with Gasteiger partial charge in [-0.25, -0.2) is 0 Å². The maximum atomic E-state index is 11.7. The molecular formula is C32H37NO3. The summed E-state index contributed by atoms with van der Waals surface area (Å²) in [6.45, 7) is 0.832. The zero-order chi connectivity index (χ0) is 24.6. The summed E-state index contributed by atoms with van der Waals surface area (Å²) in [5.41, 5.74) is 2.41. The third-order valence-electron chi connectivity index (χ3n) is 9.49. The summed E-state index contributed by atoms with van der Waals surface area (Å²) in [5, 5.41) is 15.9. The predicted octanol–water partition coefficient (Wildman–Crippen LogP) is 7.21. The minimum atomic E-state index is -0.589. The minimum Gasteiger partial charge on any atom is -0.490 e. The highest BCUT2D eigenvalue weighted by atomic mass is 16.5. The Morgan fingerprint density at radius 2 is 1.50 bits per heavy atom. The second-order valence-corrected chi connectivity index (χ2v) is 11.6. The van der Waals surface area contributed by atoms with E-state index in [4.69, 9.17) is 4.74 Å². The molecule has 0 aliphatic heterocycles. The summed E-state index contributed by atoms with van der Waals surface area (Å²) in [4.78, 5) is 11.7. The van der Waals surface area contributed by atoms with Crippen molar-refractivity contribution in [3.05, 3.63) is 77.9 Å². The molecule has 4 saturated carbocycles. The van der Waals surface area contributed by atoms with E-state index < -0.39 is 11.4 Å². The number of fused-ring (bicyclic) bond motifs is 4. The summed E-state index contributed by atoms with van der Waals surface area (Å²) in [5.74, 6) is 1.05. The first-order valence-electron chi connectivity index (χ1n) is 13.8. The van der Waals surface area contributed by atoms with E-state index in [0.717, 1.165) is 63.7 Å². The molecule has 4 heteroatoms. The highest BCUT2D eigenvalue weighted by Crippen LogP contribution is 2.52. The molecule has 4 aliphatic carbocycles. The minimum absolute atomic E-state index is 0.114. The van der Waals surface area contributed by atoms with E-state index in [1.54, 1.807) is 0 Å². The topological polar surface area (TPSA) is 58.6 Å². The molecule has 3 aromatic rings. The van der Waals surface area contributed by atoms with Gasteiger partial charge in [0.05, 0.1) is 11.5 Å². The standard InChI is InChI=1S/C32H37NO3/c34-30(35)31-14-17-32(18-15-31,19-16-31)33-22-23-6-7-27-21-29(13-10-26(27)20-23)36-28-11-8-25(9-12-28)24-4-2-1-3-5-24/h1-7,10,13,20-21,25,28,33H,8-9,11-12,14-19,22H2,(H,34,35)/t25-,28+,31?,32?. The fraction of sp³-hybridized carbons (Fsp3) is 0.469. The largest absolute Gasteiger partial charge is 0.490 e. The second kappa shape index (κ2) is 9.55. The molecule has 0 heterocycles. The van der Waals surface area contributed by atoms with Crippen LogP contribution in [0.25, 0.3) is 10.8 Å². The normalized spacial score (nSPS) is 29.8. The maximum absolute atomic E-state index is 11.7. The van der Waals surface area contributed by atoms with E-state index in [1.807, 2.05) is 0 Å². The van der Waals surface area contributed by atoms with E-state index in [2.05, 4.69) is 72.0 Å². The summed E-state index contributed by atoms with van der Waals surface area (Å²) < 4.78 is 6.41. The predicted molar refractivity (Wildman–Crippen MR) is 143 cm³/mol. The zero-order valence-corrected chi connectivity index (χ0v) is 21.0.